The summed E-state index contributed by atoms with van der Waals surface area (Å²) in [6.07, 6.45) is 3.14. The smallest absolute Gasteiger partial charge is 0.240 e. The zero-order valence-electron chi connectivity index (χ0n) is 7.54. The van der Waals surface area contributed by atoms with Gasteiger partial charge in [0.25, 0.3) is 0 Å². The number of anilines is 1. The van der Waals surface area contributed by atoms with Crippen molar-refractivity contribution in [1.29, 1.82) is 5.26 Å². The van der Waals surface area contributed by atoms with Crippen LogP contribution >= 0.6 is 11.3 Å². The molecule has 0 atom stereocenters. The summed E-state index contributed by atoms with van der Waals surface area (Å²) < 4.78 is 0. The highest BCUT2D eigenvalue weighted by Crippen LogP contribution is 2.30. The summed E-state index contributed by atoms with van der Waals surface area (Å²) in [5, 5.41) is 11.6. The Bertz CT molecular complexity index is 383. The lowest BCUT2D eigenvalue weighted by Crippen LogP contribution is -2.09. The second-order valence-corrected chi connectivity index (χ2v) is 4.21. The normalized spacial score (nSPS) is 13.4. The SMILES string of the molecule is N#CCC(=O)Nc1nc2c(s1)CCC2. The van der Waals surface area contributed by atoms with E-state index in [1.165, 1.54) is 22.6 Å². The zero-order chi connectivity index (χ0) is 9.97. The summed E-state index contributed by atoms with van der Waals surface area (Å²) >= 11 is 1.52. The minimum atomic E-state index is -0.278. The molecule has 0 saturated heterocycles. The second-order valence-electron chi connectivity index (χ2n) is 3.13. The number of nitriles is 1. The minimum Gasteiger partial charge on any atom is -0.301 e. The van der Waals surface area contributed by atoms with Crippen LogP contribution in [0.2, 0.25) is 0 Å². The predicted octanol–water partition coefficient (Wildman–Crippen LogP) is 1.48. The number of hydrogen-bond acceptors (Lipinski definition) is 4. The number of aryl methyl sites for hydroxylation is 2. The first kappa shape index (κ1) is 9.16. The van der Waals surface area contributed by atoms with Crippen molar-refractivity contribution in [2.45, 2.75) is 25.7 Å². The number of hydrogen-bond donors (Lipinski definition) is 1. The van der Waals surface area contributed by atoms with E-state index in [0.29, 0.717) is 5.13 Å². The van der Waals surface area contributed by atoms with Crippen molar-refractivity contribution in [2.24, 2.45) is 0 Å². The van der Waals surface area contributed by atoms with Crippen molar-refractivity contribution in [3.63, 3.8) is 0 Å². The maximum Gasteiger partial charge on any atom is 0.240 e. The molecule has 0 unspecified atom stereocenters. The third-order valence-corrected chi connectivity index (χ3v) is 3.15. The van der Waals surface area contributed by atoms with Gasteiger partial charge < -0.3 is 5.32 Å². The fraction of sp³-hybridized carbons (Fsp3) is 0.444. The van der Waals surface area contributed by atoms with E-state index in [2.05, 4.69) is 10.3 Å². The van der Waals surface area contributed by atoms with Crippen LogP contribution in [0.25, 0.3) is 0 Å². The van der Waals surface area contributed by atoms with Gasteiger partial charge in [-0.15, -0.1) is 11.3 Å². The summed E-state index contributed by atoms with van der Waals surface area (Å²) in [7, 11) is 0. The second kappa shape index (κ2) is 3.76. The third kappa shape index (κ3) is 1.75. The van der Waals surface area contributed by atoms with Crippen molar-refractivity contribution >= 4 is 22.4 Å². The molecule has 0 saturated carbocycles. The molecule has 0 spiro atoms. The molecule has 1 aliphatic rings. The molecule has 0 aromatic carbocycles. The molecule has 4 nitrogen and oxygen atoms in total. The van der Waals surface area contributed by atoms with Crippen LogP contribution in [-0.4, -0.2) is 10.9 Å². The van der Waals surface area contributed by atoms with E-state index in [1.807, 2.05) is 0 Å². The Morgan fingerprint density at radius 2 is 2.50 bits per heavy atom. The Morgan fingerprint density at radius 3 is 3.21 bits per heavy atom. The van der Waals surface area contributed by atoms with Gasteiger partial charge in [-0.05, 0) is 19.3 Å². The molecule has 5 heteroatoms. The van der Waals surface area contributed by atoms with Crippen LogP contribution in [0.15, 0.2) is 0 Å². The van der Waals surface area contributed by atoms with Gasteiger partial charge in [0.2, 0.25) is 5.91 Å². The molecule has 0 radical (unpaired) electrons. The largest absolute Gasteiger partial charge is 0.301 e. The van der Waals surface area contributed by atoms with Gasteiger partial charge in [0.1, 0.15) is 6.42 Å². The molecule has 1 aromatic rings. The molecule has 0 bridgehead atoms. The lowest BCUT2D eigenvalue weighted by atomic mass is 10.4. The van der Waals surface area contributed by atoms with E-state index in [0.717, 1.165) is 18.5 Å². The van der Waals surface area contributed by atoms with Gasteiger partial charge in [-0.3, -0.25) is 4.79 Å². The number of nitrogens with one attached hydrogen (secondary N) is 1. The molecule has 0 aliphatic heterocycles. The molecule has 72 valence electrons. The van der Waals surface area contributed by atoms with Gasteiger partial charge in [-0.25, -0.2) is 4.98 Å². The number of carbonyl (C=O) groups excluding carboxylic acids is 1. The maximum absolute atomic E-state index is 11.1. The van der Waals surface area contributed by atoms with Crippen molar-refractivity contribution < 1.29 is 4.79 Å². The van der Waals surface area contributed by atoms with Gasteiger partial charge in [0, 0.05) is 4.88 Å². The molecule has 1 aliphatic carbocycles. The Kier molecular flexibility index (Phi) is 2.46. The number of amides is 1. The highest BCUT2D eigenvalue weighted by atomic mass is 32.1. The number of fused-ring (bicyclic) bond motifs is 1. The van der Waals surface area contributed by atoms with Gasteiger partial charge >= 0.3 is 0 Å². The molecule has 1 amide bonds. The molecule has 1 aromatic heterocycles. The van der Waals surface area contributed by atoms with Crippen molar-refractivity contribution in [2.75, 3.05) is 5.32 Å². The molecule has 2 rings (SSSR count). The summed E-state index contributed by atoms with van der Waals surface area (Å²) in [4.78, 5) is 16.6. The zero-order valence-corrected chi connectivity index (χ0v) is 8.36. The van der Waals surface area contributed by atoms with Gasteiger partial charge in [0.15, 0.2) is 5.13 Å². The Balaban J connectivity index is 2.04. The van der Waals surface area contributed by atoms with Crippen LogP contribution in [0, 0.1) is 11.3 Å². The predicted molar refractivity (Wildman–Crippen MR) is 53.0 cm³/mol. The quantitative estimate of drug-likeness (QED) is 0.798. The summed E-state index contributed by atoms with van der Waals surface area (Å²) in [6, 6.07) is 1.80. The average Bonchev–Trinajstić information content (AvgIpc) is 2.63. The van der Waals surface area contributed by atoms with Crippen LogP contribution in [0.5, 0.6) is 0 Å². The van der Waals surface area contributed by atoms with Crippen LogP contribution < -0.4 is 5.32 Å². The highest BCUT2D eigenvalue weighted by Gasteiger charge is 2.17. The van der Waals surface area contributed by atoms with E-state index in [4.69, 9.17) is 5.26 Å². The van der Waals surface area contributed by atoms with Crippen LogP contribution in [0.3, 0.4) is 0 Å². The number of carbonyl (C=O) groups is 1. The van der Waals surface area contributed by atoms with Crippen molar-refractivity contribution in [3.8, 4) is 6.07 Å². The van der Waals surface area contributed by atoms with Crippen LogP contribution in [0.1, 0.15) is 23.4 Å². The third-order valence-electron chi connectivity index (χ3n) is 2.08. The number of rotatable bonds is 2. The van der Waals surface area contributed by atoms with E-state index in [-0.39, 0.29) is 12.3 Å². The topological polar surface area (TPSA) is 65.8 Å². The first-order valence-corrected chi connectivity index (χ1v) is 5.26. The Labute approximate surface area is 85.6 Å². The van der Waals surface area contributed by atoms with E-state index >= 15 is 0 Å². The molecule has 1 heterocycles. The summed E-state index contributed by atoms with van der Waals surface area (Å²) in [5.41, 5.74) is 1.11. The lowest BCUT2D eigenvalue weighted by Gasteiger charge is -1.95. The van der Waals surface area contributed by atoms with Crippen molar-refractivity contribution in [3.05, 3.63) is 10.6 Å². The van der Waals surface area contributed by atoms with E-state index in [9.17, 15) is 4.79 Å². The first-order valence-electron chi connectivity index (χ1n) is 4.45. The summed E-state index contributed by atoms with van der Waals surface area (Å²) in [5.74, 6) is -0.278. The van der Waals surface area contributed by atoms with E-state index < -0.39 is 0 Å². The lowest BCUT2D eigenvalue weighted by molar-refractivity contribution is -0.115. The van der Waals surface area contributed by atoms with Gasteiger partial charge in [0.05, 0.1) is 11.8 Å². The minimum absolute atomic E-state index is 0.107. The molecule has 1 N–H and O–H groups in total. The number of aromatic nitrogens is 1. The number of thiazole rings is 1. The highest BCUT2D eigenvalue weighted by molar-refractivity contribution is 7.15. The van der Waals surface area contributed by atoms with Gasteiger partial charge in [-0.2, -0.15) is 5.26 Å². The fourth-order valence-electron chi connectivity index (χ4n) is 1.48. The fourth-order valence-corrected chi connectivity index (χ4v) is 2.55. The van der Waals surface area contributed by atoms with Crippen molar-refractivity contribution in [1.82, 2.24) is 4.98 Å². The van der Waals surface area contributed by atoms with Gasteiger partial charge in [-0.1, -0.05) is 0 Å². The summed E-state index contributed by atoms with van der Waals surface area (Å²) in [6.45, 7) is 0. The van der Waals surface area contributed by atoms with E-state index in [1.54, 1.807) is 6.07 Å². The Hall–Kier alpha value is -1.41. The van der Waals surface area contributed by atoms with Crippen LogP contribution in [0.4, 0.5) is 5.13 Å². The molecule has 14 heavy (non-hydrogen) atoms. The molecular weight excluding hydrogens is 198 g/mol. The number of nitrogens with zero attached hydrogens (tertiary/aromatic N) is 2. The van der Waals surface area contributed by atoms with Crippen LogP contribution in [-0.2, 0) is 17.6 Å². The maximum atomic E-state index is 11.1. The monoisotopic (exact) mass is 207 g/mol. The molecular formula is C9H9N3OS. The molecule has 0 fully saturated rings. The standard InChI is InChI=1S/C9H9N3OS/c10-5-4-8(13)12-9-11-6-2-1-3-7(6)14-9/h1-4H2,(H,11,12,13). The average molecular weight is 207 g/mol. The Morgan fingerprint density at radius 1 is 1.64 bits per heavy atom. The first-order chi connectivity index (χ1) is 6.79.